The molecule has 194 valence electrons. The average Bonchev–Trinajstić information content (AvgIpc) is 3.58. The zero-order chi connectivity index (χ0) is 26.3. The van der Waals surface area contributed by atoms with Crippen LogP contribution in [0.2, 0.25) is 0 Å². The van der Waals surface area contributed by atoms with E-state index in [1.54, 1.807) is 59.1 Å². The molecule has 3 saturated heterocycles. The molecule has 5 rings (SSSR count). The summed E-state index contributed by atoms with van der Waals surface area (Å²) in [5.41, 5.74) is 0.532. The monoisotopic (exact) mass is 524 g/mol. The number of amides is 6. The molecular weight excluding hydrogens is 496 g/mol. The molecule has 37 heavy (non-hydrogen) atoms. The van der Waals surface area contributed by atoms with Gasteiger partial charge >= 0.3 is 12.1 Å². The molecule has 1 aromatic carbocycles. The highest BCUT2D eigenvalue weighted by Crippen LogP contribution is 2.50. The van der Waals surface area contributed by atoms with Crippen molar-refractivity contribution < 1.29 is 23.6 Å². The summed E-state index contributed by atoms with van der Waals surface area (Å²) in [7, 11) is 0. The highest BCUT2D eigenvalue weighted by molar-refractivity contribution is 8.01. The van der Waals surface area contributed by atoms with Crippen LogP contribution in [0, 0.1) is 0 Å². The summed E-state index contributed by atoms with van der Waals surface area (Å²) in [5.74, 6) is -0.185. The summed E-state index contributed by atoms with van der Waals surface area (Å²) in [5, 5.41) is 10.6. The Hall–Kier alpha value is -3.80. The molecular formula is C25H28N6O5S. The number of thioether (sulfide) groups is 1. The van der Waals surface area contributed by atoms with E-state index in [0.29, 0.717) is 11.3 Å². The van der Waals surface area contributed by atoms with Gasteiger partial charge in [0, 0.05) is 10.8 Å². The van der Waals surface area contributed by atoms with Crippen molar-refractivity contribution in [1.82, 2.24) is 25.4 Å². The highest BCUT2D eigenvalue weighted by Gasteiger charge is 2.60. The number of rotatable bonds is 6. The number of nitrogens with zero attached hydrogens (tertiary/aromatic N) is 4. The van der Waals surface area contributed by atoms with Crippen LogP contribution in [0.1, 0.15) is 38.1 Å². The normalized spacial score (nSPS) is 25.3. The predicted molar refractivity (Wildman–Crippen MR) is 137 cm³/mol. The maximum Gasteiger partial charge on any atom is 0.348 e. The van der Waals surface area contributed by atoms with Crippen LogP contribution in [0.5, 0.6) is 0 Å². The molecule has 3 aliphatic heterocycles. The Bertz CT molecular complexity index is 1230. The van der Waals surface area contributed by atoms with Crippen LogP contribution in [0.3, 0.4) is 0 Å². The lowest BCUT2D eigenvalue weighted by molar-refractivity contribution is -0.151. The Labute approximate surface area is 218 Å². The quantitative estimate of drug-likeness (QED) is 0.441. The molecule has 4 heterocycles. The number of hydrazone groups is 1. The molecule has 0 spiro atoms. The fourth-order valence-corrected chi connectivity index (χ4v) is 6.25. The molecule has 3 aliphatic rings. The summed E-state index contributed by atoms with van der Waals surface area (Å²) in [6, 6.07) is 9.04. The van der Waals surface area contributed by atoms with Crippen molar-refractivity contribution in [3.8, 4) is 0 Å². The first kappa shape index (κ1) is 24.9. The molecule has 1 unspecified atom stereocenters. The summed E-state index contributed by atoms with van der Waals surface area (Å²) in [6.45, 7) is 6.46. The summed E-state index contributed by atoms with van der Waals surface area (Å²) < 4.78 is 5.04. The molecule has 0 saturated carbocycles. The van der Waals surface area contributed by atoms with Gasteiger partial charge in [0.05, 0.1) is 25.6 Å². The Morgan fingerprint density at radius 3 is 2.62 bits per heavy atom. The molecule has 0 aliphatic carbocycles. The lowest BCUT2D eigenvalue weighted by Crippen LogP contribution is -2.69. The molecule has 3 fully saturated rings. The van der Waals surface area contributed by atoms with E-state index in [9.17, 15) is 19.2 Å². The summed E-state index contributed by atoms with van der Waals surface area (Å²) >= 11 is 1.65. The minimum absolute atomic E-state index is 0.0485. The van der Waals surface area contributed by atoms with E-state index in [-0.39, 0.29) is 35.2 Å². The maximum absolute atomic E-state index is 13.4. The van der Waals surface area contributed by atoms with Crippen LogP contribution in [-0.4, -0.2) is 80.2 Å². The second kappa shape index (κ2) is 9.58. The molecule has 2 aromatic rings. The average molecular weight is 525 g/mol. The first-order valence-corrected chi connectivity index (χ1v) is 12.9. The Kier molecular flexibility index (Phi) is 6.44. The van der Waals surface area contributed by atoms with Gasteiger partial charge in [0.2, 0.25) is 11.8 Å². The van der Waals surface area contributed by atoms with Crippen molar-refractivity contribution in [3.05, 3.63) is 60.1 Å². The minimum atomic E-state index is -1.10. The largest absolute Gasteiger partial charge is 0.463 e. The Morgan fingerprint density at radius 1 is 1.16 bits per heavy atom. The number of carbonyl (C=O) groups is 4. The summed E-state index contributed by atoms with van der Waals surface area (Å²) in [4.78, 5) is 54.9. The molecule has 2 N–H and O–H groups in total. The zero-order valence-electron chi connectivity index (χ0n) is 20.7. The van der Waals surface area contributed by atoms with Crippen LogP contribution >= 0.6 is 11.8 Å². The van der Waals surface area contributed by atoms with Gasteiger partial charge in [-0.25, -0.2) is 19.5 Å². The first-order chi connectivity index (χ1) is 17.7. The van der Waals surface area contributed by atoms with Crippen molar-refractivity contribution in [2.24, 2.45) is 5.10 Å². The van der Waals surface area contributed by atoms with Crippen LogP contribution in [0.15, 0.2) is 58.2 Å². The van der Waals surface area contributed by atoms with Crippen LogP contribution < -0.4 is 10.6 Å². The molecule has 12 heteroatoms. The van der Waals surface area contributed by atoms with Gasteiger partial charge in [0.25, 0.3) is 0 Å². The van der Waals surface area contributed by atoms with Crippen LogP contribution in [0.4, 0.5) is 9.59 Å². The number of imide groups is 1. The fraction of sp³-hybridized carbons (Fsp3) is 0.400. The third-order valence-corrected chi connectivity index (χ3v) is 8.68. The first-order valence-electron chi connectivity index (χ1n) is 12.0. The number of hydrogen-bond donors (Lipinski definition) is 2. The minimum Gasteiger partial charge on any atom is -0.463 e. The number of carbonyl (C=O) groups excluding carboxylic acids is 4. The van der Waals surface area contributed by atoms with Crippen molar-refractivity contribution >= 4 is 41.9 Å². The second-order valence-electron chi connectivity index (χ2n) is 9.63. The number of β-lactam (4-membered cyclic amide) rings is 1. The second-order valence-corrected chi connectivity index (χ2v) is 11.4. The maximum atomic E-state index is 13.4. The Balaban J connectivity index is 1.27. The third-order valence-electron chi connectivity index (χ3n) is 6.99. The number of hydrogen-bond acceptors (Lipinski definition) is 7. The SMILES string of the molecule is C[C@@H]1N2C(=O)[C@@H](NC(=O)C(NC(=O)N3CCN(N=Cc4ccco4)C3=O)c3ccccc3)[C@H]2SC1(C)C. The molecule has 0 radical (unpaired) electrons. The topological polar surface area (TPSA) is 128 Å². The van der Waals surface area contributed by atoms with Crippen LogP contribution in [0.25, 0.3) is 0 Å². The smallest absolute Gasteiger partial charge is 0.348 e. The highest BCUT2D eigenvalue weighted by atomic mass is 32.2. The number of urea groups is 2. The molecule has 11 nitrogen and oxygen atoms in total. The van der Waals surface area contributed by atoms with E-state index in [0.717, 1.165) is 9.91 Å². The lowest BCUT2D eigenvalue weighted by atomic mass is 9.97. The van der Waals surface area contributed by atoms with Crippen LogP contribution in [-0.2, 0) is 9.59 Å². The van der Waals surface area contributed by atoms with E-state index in [4.69, 9.17) is 4.42 Å². The zero-order valence-corrected chi connectivity index (χ0v) is 21.5. The van der Waals surface area contributed by atoms with E-state index in [1.807, 2.05) is 6.92 Å². The van der Waals surface area contributed by atoms with Crippen molar-refractivity contribution in [1.29, 1.82) is 0 Å². The molecule has 0 bridgehead atoms. The van der Waals surface area contributed by atoms with Gasteiger partial charge < -0.3 is 20.0 Å². The van der Waals surface area contributed by atoms with Gasteiger partial charge in [0.1, 0.15) is 23.2 Å². The van der Waals surface area contributed by atoms with E-state index >= 15 is 0 Å². The number of fused-ring (bicyclic) bond motifs is 1. The van der Waals surface area contributed by atoms with Gasteiger partial charge in [-0.15, -0.1) is 11.8 Å². The van der Waals surface area contributed by atoms with Crippen molar-refractivity contribution in [2.75, 3.05) is 13.1 Å². The Morgan fingerprint density at radius 2 is 1.92 bits per heavy atom. The van der Waals surface area contributed by atoms with Crippen molar-refractivity contribution in [2.45, 2.75) is 49.0 Å². The standard InChI is InChI=1S/C25H28N6O5S/c1-15-25(2,3)37-22-19(21(33)31(15)22)27-20(32)18(16-8-5-4-6-9-16)28-23(34)29-11-12-30(24(29)35)26-14-17-10-7-13-36-17/h4-10,13-15,18-19,22H,11-12H2,1-3H3,(H,27,32)(H,28,34)/t15-,18?,19+,22+/m0/s1. The summed E-state index contributed by atoms with van der Waals surface area (Å²) in [6.07, 6.45) is 2.88. The van der Waals surface area contributed by atoms with E-state index in [1.165, 1.54) is 12.5 Å². The number of furan rings is 1. The number of benzene rings is 1. The molecule has 4 atom stereocenters. The van der Waals surface area contributed by atoms with Gasteiger partial charge in [-0.1, -0.05) is 30.3 Å². The van der Waals surface area contributed by atoms with Gasteiger partial charge in [-0.3, -0.25) is 9.59 Å². The fourth-order valence-electron chi connectivity index (χ4n) is 4.60. The van der Waals surface area contributed by atoms with Crippen molar-refractivity contribution in [3.63, 3.8) is 0 Å². The lowest BCUT2D eigenvalue weighted by Gasteiger charge is -2.44. The molecule has 1 aromatic heterocycles. The number of nitrogens with one attached hydrogen (secondary N) is 2. The predicted octanol–water partition coefficient (Wildman–Crippen LogP) is 2.37. The van der Waals surface area contributed by atoms with Gasteiger partial charge in [-0.05, 0) is 38.5 Å². The van der Waals surface area contributed by atoms with E-state index in [2.05, 4.69) is 29.6 Å². The molecule has 6 amide bonds. The third kappa shape index (κ3) is 4.57. The van der Waals surface area contributed by atoms with Gasteiger partial charge in [0.15, 0.2) is 0 Å². The van der Waals surface area contributed by atoms with E-state index < -0.39 is 30.1 Å². The van der Waals surface area contributed by atoms with Gasteiger partial charge in [-0.2, -0.15) is 5.10 Å².